The number of nitrogens with one attached hydrogen (secondary N) is 3. The molecular formula is C18H18N6O2. The molecule has 8 heteroatoms. The minimum Gasteiger partial charge on any atom is -0.352 e. The van der Waals surface area contributed by atoms with Crippen LogP contribution in [-0.4, -0.2) is 32.4 Å². The molecule has 0 saturated carbocycles. The smallest absolute Gasteiger partial charge is 0.254 e. The summed E-state index contributed by atoms with van der Waals surface area (Å²) in [5.74, 6) is 0.683. The number of carbonyl (C=O) groups is 1. The van der Waals surface area contributed by atoms with Crippen molar-refractivity contribution in [1.82, 2.24) is 25.3 Å². The van der Waals surface area contributed by atoms with Crippen LogP contribution in [0.1, 0.15) is 21.9 Å². The zero-order chi connectivity index (χ0) is 18.4. The predicted molar refractivity (Wildman–Crippen MR) is 97.4 cm³/mol. The molecule has 0 spiro atoms. The first kappa shape index (κ1) is 17.3. The number of carbonyl (C=O) groups excluding carboxylic acids is 1. The van der Waals surface area contributed by atoms with E-state index in [0.717, 1.165) is 5.69 Å². The highest BCUT2D eigenvalue weighted by Gasteiger charge is 2.07. The Bertz CT molecular complexity index is 938. The van der Waals surface area contributed by atoms with Crippen LogP contribution in [0.4, 0.5) is 11.6 Å². The molecule has 132 valence electrons. The number of aromatic amines is 1. The Hall–Kier alpha value is -3.55. The first-order valence-corrected chi connectivity index (χ1v) is 8.09. The van der Waals surface area contributed by atoms with Crippen molar-refractivity contribution in [2.24, 2.45) is 0 Å². The fraction of sp³-hybridized carbons (Fsp3) is 0.167. The number of para-hydroxylation sites is 1. The average Bonchev–Trinajstić information content (AvgIpc) is 2.62. The van der Waals surface area contributed by atoms with Gasteiger partial charge in [-0.25, -0.2) is 15.0 Å². The summed E-state index contributed by atoms with van der Waals surface area (Å²) >= 11 is 0. The number of nitrogens with zero attached hydrogens (tertiary/aromatic N) is 3. The van der Waals surface area contributed by atoms with Crippen LogP contribution in [0.25, 0.3) is 0 Å². The minimum absolute atomic E-state index is 0.200. The van der Waals surface area contributed by atoms with E-state index < -0.39 is 0 Å². The summed E-state index contributed by atoms with van der Waals surface area (Å²) in [7, 11) is 0. The van der Waals surface area contributed by atoms with Gasteiger partial charge < -0.3 is 15.6 Å². The van der Waals surface area contributed by atoms with Crippen LogP contribution in [0, 0.1) is 6.92 Å². The number of hydrogen-bond acceptors (Lipinski definition) is 6. The van der Waals surface area contributed by atoms with Crippen molar-refractivity contribution in [2.45, 2.75) is 13.3 Å². The molecule has 0 aliphatic heterocycles. The van der Waals surface area contributed by atoms with Gasteiger partial charge in [0.25, 0.3) is 11.5 Å². The monoisotopic (exact) mass is 350 g/mol. The number of anilines is 2. The van der Waals surface area contributed by atoms with Crippen LogP contribution in [-0.2, 0) is 6.42 Å². The largest absolute Gasteiger partial charge is 0.352 e. The van der Waals surface area contributed by atoms with Gasteiger partial charge in [-0.1, -0.05) is 18.2 Å². The second kappa shape index (κ2) is 8.02. The molecule has 0 fully saturated rings. The number of benzene rings is 1. The van der Waals surface area contributed by atoms with E-state index in [0.29, 0.717) is 36.0 Å². The fourth-order valence-corrected chi connectivity index (χ4v) is 2.34. The number of amides is 1. The highest BCUT2D eigenvalue weighted by atomic mass is 16.1. The van der Waals surface area contributed by atoms with Crippen LogP contribution < -0.4 is 16.2 Å². The van der Waals surface area contributed by atoms with E-state index in [2.05, 4.69) is 30.6 Å². The first-order chi connectivity index (χ1) is 12.6. The van der Waals surface area contributed by atoms with Crippen molar-refractivity contribution < 1.29 is 4.79 Å². The lowest BCUT2D eigenvalue weighted by atomic mass is 10.2. The summed E-state index contributed by atoms with van der Waals surface area (Å²) in [6.45, 7) is 2.07. The maximum Gasteiger partial charge on any atom is 0.254 e. The van der Waals surface area contributed by atoms with Crippen molar-refractivity contribution >= 4 is 17.5 Å². The molecule has 3 aromatic rings. The third-order valence-electron chi connectivity index (χ3n) is 3.52. The van der Waals surface area contributed by atoms with Crippen molar-refractivity contribution in [1.29, 1.82) is 0 Å². The van der Waals surface area contributed by atoms with Gasteiger partial charge in [-0.3, -0.25) is 9.59 Å². The summed E-state index contributed by atoms with van der Waals surface area (Å²) in [6.07, 6.45) is 3.39. The normalized spacial score (nSPS) is 10.3. The number of hydrogen-bond donors (Lipinski definition) is 3. The standard InChI is InChI=1S/C18H18N6O2/c1-12-22-15(9-16(25)23-12)7-8-19-17(26)13-10-20-18(21-11-13)24-14-5-3-2-4-6-14/h2-6,9-11H,7-8H2,1H3,(H,19,26)(H,20,21,24)(H,22,23,25). The zero-order valence-corrected chi connectivity index (χ0v) is 14.2. The molecule has 0 aliphatic carbocycles. The predicted octanol–water partition coefficient (Wildman–Crippen LogP) is 1.58. The highest BCUT2D eigenvalue weighted by molar-refractivity contribution is 5.93. The van der Waals surface area contributed by atoms with Crippen molar-refractivity contribution in [3.8, 4) is 0 Å². The zero-order valence-electron chi connectivity index (χ0n) is 14.2. The van der Waals surface area contributed by atoms with Gasteiger partial charge in [-0.05, 0) is 19.1 Å². The van der Waals surface area contributed by atoms with Gasteiger partial charge in [-0.15, -0.1) is 0 Å². The maximum absolute atomic E-state index is 12.1. The minimum atomic E-state index is -0.280. The van der Waals surface area contributed by atoms with E-state index >= 15 is 0 Å². The van der Waals surface area contributed by atoms with E-state index in [9.17, 15) is 9.59 Å². The van der Waals surface area contributed by atoms with E-state index in [-0.39, 0.29) is 11.5 Å². The quantitative estimate of drug-likeness (QED) is 0.622. The lowest BCUT2D eigenvalue weighted by Gasteiger charge is -2.07. The Morgan fingerprint density at radius 2 is 1.88 bits per heavy atom. The van der Waals surface area contributed by atoms with Crippen LogP contribution in [0.5, 0.6) is 0 Å². The van der Waals surface area contributed by atoms with Gasteiger partial charge in [0.05, 0.1) is 5.56 Å². The van der Waals surface area contributed by atoms with Gasteiger partial charge in [0.15, 0.2) is 0 Å². The molecule has 0 atom stereocenters. The lowest BCUT2D eigenvalue weighted by Crippen LogP contribution is -2.26. The second-order valence-corrected chi connectivity index (χ2v) is 5.61. The van der Waals surface area contributed by atoms with E-state index in [1.165, 1.54) is 18.5 Å². The lowest BCUT2D eigenvalue weighted by molar-refractivity contribution is 0.0953. The Morgan fingerprint density at radius 3 is 2.58 bits per heavy atom. The number of aryl methyl sites for hydroxylation is 1. The third kappa shape index (κ3) is 4.73. The molecule has 1 amide bonds. The second-order valence-electron chi connectivity index (χ2n) is 5.61. The molecule has 0 bridgehead atoms. The molecule has 26 heavy (non-hydrogen) atoms. The number of rotatable bonds is 6. The molecule has 1 aromatic carbocycles. The number of aromatic nitrogens is 4. The van der Waals surface area contributed by atoms with E-state index in [1.807, 2.05) is 30.3 Å². The van der Waals surface area contributed by atoms with Crippen molar-refractivity contribution in [3.63, 3.8) is 0 Å². The average molecular weight is 350 g/mol. The van der Waals surface area contributed by atoms with Crippen LogP contribution in [0.15, 0.2) is 53.6 Å². The first-order valence-electron chi connectivity index (χ1n) is 8.09. The highest BCUT2D eigenvalue weighted by Crippen LogP contribution is 2.11. The SMILES string of the molecule is Cc1nc(CCNC(=O)c2cnc(Nc3ccccc3)nc2)cc(=O)[nH]1. The molecular weight excluding hydrogens is 332 g/mol. The van der Waals surface area contributed by atoms with E-state index in [1.54, 1.807) is 6.92 Å². The van der Waals surface area contributed by atoms with Crippen molar-refractivity contribution in [2.75, 3.05) is 11.9 Å². The summed E-state index contributed by atoms with van der Waals surface area (Å²) in [5, 5.41) is 5.81. The summed E-state index contributed by atoms with van der Waals surface area (Å²) in [5.41, 5.74) is 1.66. The fourth-order valence-electron chi connectivity index (χ4n) is 2.34. The van der Waals surface area contributed by atoms with Gasteiger partial charge in [0.1, 0.15) is 5.82 Å². The van der Waals surface area contributed by atoms with E-state index in [4.69, 9.17) is 0 Å². The van der Waals surface area contributed by atoms with Crippen LogP contribution in [0.3, 0.4) is 0 Å². The molecule has 2 aromatic heterocycles. The Balaban J connectivity index is 1.54. The Kier molecular flexibility index (Phi) is 5.33. The molecule has 0 saturated heterocycles. The topological polar surface area (TPSA) is 113 Å². The summed E-state index contributed by atoms with van der Waals surface area (Å²) in [4.78, 5) is 38.6. The molecule has 0 unspecified atom stereocenters. The van der Waals surface area contributed by atoms with Crippen LogP contribution in [0.2, 0.25) is 0 Å². The van der Waals surface area contributed by atoms with Gasteiger partial charge >= 0.3 is 0 Å². The Labute approximate surface area is 149 Å². The van der Waals surface area contributed by atoms with Gasteiger partial charge in [0.2, 0.25) is 5.95 Å². The molecule has 3 rings (SSSR count). The van der Waals surface area contributed by atoms with Gasteiger partial charge in [0, 0.05) is 42.8 Å². The molecule has 0 aliphatic rings. The van der Waals surface area contributed by atoms with Gasteiger partial charge in [-0.2, -0.15) is 0 Å². The van der Waals surface area contributed by atoms with Crippen LogP contribution >= 0.6 is 0 Å². The summed E-state index contributed by atoms with van der Waals surface area (Å²) < 4.78 is 0. The Morgan fingerprint density at radius 1 is 1.15 bits per heavy atom. The van der Waals surface area contributed by atoms with Crippen molar-refractivity contribution in [3.05, 3.63) is 76.2 Å². The maximum atomic E-state index is 12.1. The third-order valence-corrected chi connectivity index (χ3v) is 3.52. The number of H-pyrrole nitrogens is 1. The molecule has 0 radical (unpaired) electrons. The molecule has 8 nitrogen and oxygen atoms in total. The summed E-state index contributed by atoms with van der Waals surface area (Å²) in [6, 6.07) is 10.9. The molecule has 2 heterocycles. The molecule has 3 N–H and O–H groups in total.